The number of azo groups is 1. The van der Waals surface area contributed by atoms with E-state index in [0.29, 0.717) is 11.0 Å². The van der Waals surface area contributed by atoms with Crippen molar-refractivity contribution in [2.24, 2.45) is 10.2 Å². The largest absolute Gasteiger partial charge is 2.00 e. The van der Waals surface area contributed by atoms with Crippen molar-refractivity contribution in [1.29, 1.82) is 10.5 Å². The number of nitriles is 2. The quantitative estimate of drug-likeness (QED) is 0.269. The van der Waals surface area contributed by atoms with Gasteiger partial charge in [0.15, 0.2) is 0 Å². The third-order valence-corrected chi connectivity index (χ3v) is 1.83. The molecule has 10 N–H and O–H groups in total. The number of rotatable bonds is 2. The summed E-state index contributed by atoms with van der Waals surface area (Å²) in [7, 11) is 0. The van der Waals surface area contributed by atoms with E-state index in [9.17, 15) is 0 Å². The molecule has 16 heteroatoms. The van der Waals surface area contributed by atoms with Crippen LogP contribution in [0.1, 0.15) is 0 Å². The maximum Gasteiger partial charge on any atom is 2.00 e. The fourth-order valence-corrected chi connectivity index (χ4v) is 1.13. The Morgan fingerprint density at radius 1 is 0.885 bits per heavy atom. The first-order valence-corrected chi connectivity index (χ1v) is 4.43. The van der Waals surface area contributed by atoms with Gasteiger partial charge in [-0.3, -0.25) is 5.11 Å². The Bertz CT molecular complexity index is 605. The molecule has 0 bridgehead atoms. The molecule has 0 spiro atoms. The molecule has 26 heavy (non-hydrogen) atoms. The van der Waals surface area contributed by atoms with Crippen LogP contribution in [0.2, 0.25) is 0 Å². The monoisotopic (exact) mass is 530 g/mol. The number of benzene rings is 1. The third-order valence-electron chi connectivity index (χ3n) is 1.83. The standard InChI is InChI=1S/C10H5N6.3ClH.2Cu.5H2O/c11-5-7(6-12)15-16-10-13-8-3-1-2-4-9(8)14-10;;;;;;;;;;/h1-4,7H;3*1H;;;5*1H2/q-1;;;;2*+2;;;;;/p-3. The van der Waals surface area contributed by atoms with Crippen LogP contribution in [0.4, 0.5) is 5.95 Å². The Hall–Kier alpha value is -1.02. The van der Waals surface area contributed by atoms with Crippen molar-refractivity contribution in [3.05, 3.63) is 24.3 Å². The predicted octanol–water partition coefficient (Wildman–Crippen LogP) is -11.4. The van der Waals surface area contributed by atoms with E-state index in [1.165, 1.54) is 0 Å². The minimum Gasteiger partial charge on any atom is -1.00 e. The Labute approximate surface area is 188 Å². The van der Waals surface area contributed by atoms with Crippen molar-refractivity contribution in [2.45, 2.75) is 6.04 Å². The second-order valence-corrected chi connectivity index (χ2v) is 2.89. The fourth-order valence-electron chi connectivity index (χ4n) is 1.13. The summed E-state index contributed by atoms with van der Waals surface area (Å²) in [6, 6.07) is 9.52. The van der Waals surface area contributed by atoms with Gasteiger partial charge in [0.05, 0.1) is 0 Å². The van der Waals surface area contributed by atoms with Gasteiger partial charge in [-0.25, -0.2) is 5.11 Å². The molecule has 11 nitrogen and oxygen atoms in total. The van der Waals surface area contributed by atoms with E-state index in [4.69, 9.17) is 10.5 Å². The van der Waals surface area contributed by atoms with Crippen molar-refractivity contribution in [2.75, 3.05) is 0 Å². The van der Waals surface area contributed by atoms with E-state index in [1.807, 2.05) is 12.1 Å². The van der Waals surface area contributed by atoms with Gasteiger partial charge >= 0.3 is 34.1 Å². The minimum absolute atomic E-state index is 0. The van der Waals surface area contributed by atoms with Gasteiger partial charge in [-0.1, -0.05) is 24.3 Å². The van der Waals surface area contributed by atoms with Crippen molar-refractivity contribution in [3.63, 3.8) is 0 Å². The predicted molar refractivity (Wildman–Crippen MR) is 72.7 cm³/mol. The van der Waals surface area contributed by atoms with Gasteiger partial charge in [-0.2, -0.15) is 10.5 Å². The molecule has 0 aliphatic carbocycles. The van der Waals surface area contributed by atoms with Gasteiger partial charge in [-0.05, 0) is 0 Å². The molecular formula is C10H15Cl3Cu2N6O5. The van der Waals surface area contributed by atoms with Crippen LogP contribution >= 0.6 is 0 Å². The first-order valence-electron chi connectivity index (χ1n) is 4.43. The van der Waals surface area contributed by atoms with Crippen LogP contribution in [-0.2, 0) is 34.1 Å². The van der Waals surface area contributed by atoms with Crippen molar-refractivity contribution in [1.82, 2.24) is 9.97 Å². The molecule has 0 amide bonds. The van der Waals surface area contributed by atoms with E-state index in [2.05, 4.69) is 20.2 Å². The zero-order valence-electron chi connectivity index (χ0n) is 12.3. The zero-order chi connectivity index (χ0) is 11.4. The van der Waals surface area contributed by atoms with E-state index < -0.39 is 6.04 Å². The number of aromatic nitrogens is 2. The van der Waals surface area contributed by atoms with Crippen molar-refractivity contribution >= 4 is 17.0 Å². The number of hydrogen-bond acceptors (Lipinski definition) is 5. The molecule has 2 rings (SSSR count). The van der Waals surface area contributed by atoms with E-state index in [0.717, 1.165) is 0 Å². The zero-order valence-corrected chi connectivity index (χ0v) is 16.5. The van der Waals surface area contributed by atoms with Crippen LogP contribution < -0.4 is 42.2 Å². The smallest absolute Gasteiger partial charge is 1.00 e. The number of hydrogen-bond donors (Lipinski definition) is 0. The molecule has 2 aromatic rings. The molecule has 0 saturated carbocycles. The summed E-state index contributed by atoms with van der Waals surface area (Å²) < 4.78 is 0. The summed E-state index contributed by atoms with van der Waals surface area (Å²) in [6.07, 6.45) is 0. The number of imidazole rings is 1. The van der Waals surface area contributed by atoms with Crippen molar-refractivity contribution < 1.29 is 98.7 Å². The summed E-state index contributed by atoms with van der Waals surface area (Å²) in [5.74, 6) is 0.164. The van der Waals surface area contributed by atoms with Gasteiger partial charge in [0, 0.05) is 17.0 Å². The number of fused-ring (bicyclic) bond motifs is 1. The second kappa shape index (κ2) is 28.8. The topological polar surface area (TPSA) is 257 Å². The molecular weight excluding hydrogens is 518 g/mol. The van der Waals surface area contributed by atoms with Crippen LogP contribution in [0.25, 0.3) is 11.0 Å². The van der Waals surface area contributed by atoms with Crippen LogP contribution in [0.3, 0.4) is 0 Å². The average molecular weight is 533 g/mol. The van der Waals surface area contributed by atoms with Crippen LogP contribution in [0.5, 0.6) is 0 Å². The third kappa shape index (κ3) is 15.3. The number of nitrogens with zero attached hydrogens (tertiary/aromatic N) is 6. The Kier molecular flexibility index (Phi) is 62.2. The molecule has 2 radical (unpaired) electrons. The molecule has 158 valence electrons. The maximum absolute atomic E-state index is 8.48. The van der Waals surface area contributed by atoms with E-state index >= 15 is 0 Å². The molecule has 0 saturated heterocycles. The molecule has 0 atom stereocenters. The van der Waals surface area contributed by atoms with E-state index in [1.54, 1.807) is 24.3 Å². The summed E-state index contributed by atoms with van der Waals surface area (Å²) in [6.45, 7) is 0. The normalized spacial score (nSPS) is 6.58. The molecule has 0 fully saturated rings. The molecule has 0 aliphatic heterocycles. The van der Waals surface area contributed by atoms with Gasteiger partial charge in [-0.15, -0.1) is 0 Å². The van der Waals surface area contributed by atoms with Gasteiger partial charge in [0.25, 0.3) is 0 Å². The molecule has 0 unspecified atom stereocenters. The van der Waals surface area contributed by atoms with Gasteiger partial charge < -0.3 is 74.6 Å². The average Bonchev–Trinajstić information content (AvgIpc) is 2.73. The molecule has 1 aromatic heterocycles. The minimum atomic E-state index is -1.11. The fraction of sp³-hybridized carbons (Fsp3) is 0.100. The van der Waals surface area contributed by atoms with Crippen LogP contribution in [-0.4, -0.2) is 38.4 Å². The number of para-hydroxylation sites is 2. The molecule has 1 aromatic carbocycles. The summed E-state index contributed by atoms with van der Waals surface area (Å²) >= 11 is 0. The SMILES string of the molecule is N#CC(C#N)N=Nc1nc2ccccc2[n-]1.O.O.O.O.O.[Cl-].[Cl-].[Cl-].[Cu+2].[Cu+2]. The van der Waals surface area contributed by atoms with Gasteiger partial charge in [0.1, 0.15) is 12.1 Å². The van der Waals surface area contributed by atoms with Crippen LogP contribution in [0, 0.1) is 22.7 Å². The summed E-state index contributed by atoms with van der Waals surface area (Å²) in [4.78, 5) is 8.13. The molecule has 1 heterocycles. The Morgan fingerprint density at radius 2 is 1.35 bits per heavy atom. The Morgan fingerprint density at radius 3 is 1.77 bits per heavy atom. The first-order chi connectivity index (χ1) is 7.83. The summed E-state index contributed by atoms with van der Waals surface area (Å²) in [5, 5.41) is 24.1. The van der Waals surface area contributed by atoms with Crippen molar-refractivity contribution in [3.8, 4) is 12.1 Å². The summed E-state index contributed by atoms with van der Waals surface area (Å²) in [5.41, 5.74) is 1.42. The van der Waals surface area contributed by atoms with Gasteiger partial charge in [0.2, 0.25) is 6.04 Å². The second-order valence-electron chi connectivity index (χ2n) is 2.89. The molecule has 0 aliphatic rings. The first kappa shape index (κ1) is 56.3. The Balaban J connectivity index is -0.0000000413. The number of halogens is 3. The van der Waals surface area contributed by atoms with E-state index in [-0.39, 0.29) is 105 Å². The van der Waals surface area contributed by atoms with Crippen LogP contribution in [0.15, 0.2) is 34.5 Å². The maximum atomic E-state index is 8.48.